The highest BCUT2D eigenvalue weighted by Gasteiger charge is 2.18. The highest BCUT2D eigenvalue weighted by molar-refractivity contribution is 7.99. The van der Waals surface area contributed by atoms with Crippen LogP contribution in [0.5, 0.6) is 0 Å². The van der Waals surface area contributed by atoms with E-state index in [4.69, 9.17) is 11.6 Å². The second-order valence-electron chi connectivity index (χ2n) is 5.32. The topological polar surface area (TPSA) is 151 Å². The molecule has 12 heteroatoms. The first kappa shape index (κ1) is 20.3. The van der Waals surface area contributed by atoms with E-state index in [9.17, 15) is 13.8 Å². The van der Waals surface area contributed by atoms with Gasteiger partial charge in [-0.3, -0.25) is 9.35 Å². The molecular formula is C15H20FN7O3S. The molecule has 2 aromatic rings. The summed E-state index contributed by atoms with van der Waals surface area (Å²) in [6, 6.07) is 3.96. The lowest BCUT2D eigenvalue weighted by Crippen LogP contribution is -2.42. The van der Waals surface area contributed by atoms with Crippen LogP contribution in [-0.4, -0.2) is 44.4 Å². The number of terminal acetylenes is 1. The number of thiol groups is 1. The minimum Gasteiger partial charge on any atom is -0.409 e. The van der Waals surface area contributed by atoms with Gasteiger partial charge >= 0.3 is 0 Å². The number of aromatic nitrogens is 2. The van der Waals surface area contributed by atoms with Crippen LogP contribution in [-0.2, 0) is 10.3 Å². The molecule has 0 radical (unpaired) electrons. The maximum atomic E-state index is 13.5. The van der Waals surface area contributed by atoms with Crippen molar-refractivity contribution >= 4 is 27.6 Å². The lowest BCUT2D eigenvalue weighted by Gasteiger charge is -2.18. The number of oxime groups is 1. The van der Waals surface area contributed by atoms with Gasteiger partial charge in [0, 0.05) is 24.5 Å². The fourth-order valence-electron chi connectivity index (χ4n) is 1.98. The molecule has 146 valence electrons. The molecule has 0 fully saturated rings. The first-order valence-electron chi connectivity index (χ1n) is 7.85. The Balaban J connectivity index is 2.06. The highest BCUT2D eigenvalue weighted by Crippen LogP contribution is 2.17. The lowest BCUT2D eigenvalue weighted by atomic mass is 10.2. The van der Waals surface area contributed by atoms with Crippen LogP contribution in [0.4, 0.5) is 15.9 Å². The van der Waals surface area contributed by atoms with Crippen molar-refractivity contribution in [2.45, 2.75) is 6.92 Å². The Morgan fingerprint density at radius 3 is 2.93 bits per heavy atom. The number of halogens is 1. The van der Waals surface area contributed by atoms with Crippen LogP contribution in [0.15, 0.2) is 28.0 Å². The summed E-state index contributed by atoms with van der Waals surface area (Å²) in [7, 11) is -2.85. The van der Waals surface area contributed by atoms with Gasteiger partial charge in [0.2, 0.25) is 11.7 Å². The molecule has 0 aliphatic heterocycles. The van der Waals surface area contributed by atoms with E-state index in [0.29, 0.717) is 24.5 Å². The van der Waals surface area contributed by atoms with E-state index in [1.165, 1.54) is 18.2 Å². The normalized spacial score (nSPS) is 12.4. The Hall–Kier alpha value is -3.01. The summed E-state index contributed by atoms with van der Waals surface area (Å²) >= 11 is 0. The van der Waals surface area contributed by atoms with Crippen molar-refractivity contribution in [2.24, 2.45) is 10.3 Å². The van der Waals surface area contributed by atoms with Crippen LogP contribution in [0.1, 0.15) is 18.2 Å². The van der Waals surface area contributed by atoms with E-state index < -0.39 is 16.1 Å². The SMILES string of the molecule is C#Cc1cc(N/C(=N\O)c2nonc2NCCN[SH](N)(=O)CC)ccc1F. The number of nitrogens with zero attached hydrogens (tertiary/aromatic N) is 3. The number of hydrogen-bond acceptors (Lipinski definition) is 7. The Bertz CT molecular complexity index is 909. The third-order valence-corrected chi connectivity index (χ3v) is 5.16. The summed E-state index contributed by atoms with van der Waals surface area (Å²) in [5.41, 5.74) is 0.498. The maximum absolute atomic E-state index is 13.5. The summed E-state index contributed by atoms with van der Waals surface area (Å²) in [5.74, 6) is 2.07. The Morgan fingerprint density at radius 1 is 1.48 bits per heavy atom. The van der Waals surface area contributed by atoms with Crippen molar-refractivity contribution < 1.29 is 18.4 Å². The quantitative estimate of drug-likeness (QED) is 0.0711. The second kappa shape index (κ2) is 9.08. The molecule has 1 heterocycles. The Kier molecular flexibility index (Phi) is 6.83. The van der Waals surface area contributed by atoms with Crippen molar-refractivity contribution in [3.8, 4) is 12.3 Å². The van der Waals surface area contributed by atoms with Crippen LogP contribution in [0.25, 0.3) is 0 Å². The average molecular weight is 397 g/mol. The molecule has 0 saturated carbocycles. The number of anilines is 2. The zero-order valence-electron chi connectivity index (χ0n) is 14.4. The Morgan fingerprint density at radius 2 is 2.26 bits per heavy atom. The van der Waals surface area contributed by atoms with E-state index >= 15 is 0 Å². The van der Waals surface area contributed by atoms with Crippen molar-refractivity contribution in [3.63, 3.8) is 0 Å². The molecule has 6 N–H and O–H groups in total. The number of nitrogens with two attached hydrogens (primary N) is 1. The van der Waals surface area contributed by atoms with Crippen LogP contribution in [0, 0.1) is 18.2 Å². The van der Waals surface area contributed by atoms with E-state index in [1.54, 1.807) is 6.92 Å². The predicted octanol–water partition coefficient (Wildman–Crippen LogP) is 0.265. The molecule has 0 aliphatic rings. The van der Waals surface area contributed by atoms with Crippen molar-refractivity contribution in [2.75, 3.05) is 29.5 Å². The third kappa shape index (κ3) is 5.48. The van der Waals surface area contributed by atoms with Gasteiger partial charge in [0.15, 0.2) is 5.69 Å². The van der Waals surface area contributed by atoms with Crippen LogP contribution in [0.3, 0.4) is 0 Å². The van der Waals surface area contributed by atoms with Gasteiger partial charge in [-0.05, 0) is 38.8 Å². The fourth-order valence-corrected chi connectivity index (χ4v) is 2.69. The van der Waals surface area contributed by atoms with Gasteiger partial charge in [0.05, 0.1) is 5.56 Å². The van der Waals surface area contributed by atoms with E-state index in [1.807, 2.05) is 0 Å². The molecule has 2 rings (SSSR count). The number of rotatable bonds is 8. The number of amidine groups is 1. The molecule has 0 saturated heterocycles. The minimum absolute atomic E-state index is 0.0436. The zero-order valence-corrected chi connectivity index (χ0v) is 15.3. The van der Waals surface area contributed by atoms with Crippen molar-refractivity contribution in [1.29, 1.82) is 0 Å². The zero-order chi connectivity index (χ0) is 19.9. The molecule has 1 aromatic carbocycles. The predicted molar refractivity (Wildman–Crippen MR) is 101 cm³/mol. The molecule has 0 bridgehead atoms. The standard InChI is InChI=1S/C15H20FN7O3S/c1-3-10-9-11(5-6-12(10)16)20-15(21-24)13-14(23-26-22-13)18-7-8-19-27(17,25)4-2/h1,5-6,9,24,27H,4,7-8H2,2H3,(H,18,23)(H,20,21)(H3,17,19,25). The van der Waals surface area contributed by atoms with Crippen LogP contribution in [0.2, 0.25) is 0 Å². The summed E-state index contributed by atoms with van der Waals surface area (Å²) in [5, 5.41) is 31.0. The van der Waals surface area contributed by atoms with E-state index in [0.717, 1.165) is 0 Å². The van der Waals surface area contributed by atoms with Crippen LogP contribution >= 0.6 is 0 Å². The maximum Gasteiger partial charge on any atom is 0.203 e. The summed E-state index contributed by atoms with van der Waals surface area (Å²) in [6.45, 7) is 2.33. The first-order chi connectivity index (χ1) is 12.9. The number of benzene rings is 1. The molecule has 27 heavy (non-hydrogen) atoms. The smallest absolute Gasteiger partial charge is 0.203 e. The molecule has 0 atom stereocenters. The van der Waals surface area contributed by atoms with Crippen molar-refractivity contribution in [1.82, 2.24) is 15.0 Å². The number of nitrogens with one attached hydrogen (secondary N) is 3. The van der Waals surface area contributed by atoms with Crippen molar-refractivity contribution in [3.05, 3.63) is 35.3 Å². The molecule has 0 unspecified atom stereocenters. The molecule has 0 spiro atoms. The van der Waals surface area contributed by atoms with Crippen LogP contribution < -0.4 is 20.5 Å². The monoisotopic (exact) mass is 397 g/mol. The van der Waals surface area contributed by atoms with Gasteiger partial charge in [0.1, 0.15) is 5.82 Å². The first-order valence-corrected chi connectivity index (χ1v) is 9.81. The molecular weight excluding hydrogens is 377 g/mol. The Labute approximate surface area is 156 Å². The summed E-state index contributed by atoms with van der Waals surface area (Å²) in [6.07, 6.45) is 5.23. The van der Waals surface area contributed by atoms with Gasteiger partial charge in [-0.1, -0.05) is 18.0 Å². The fraction of sp³-hybridized carbons (Fsp3) is 0.267. The van der Waals surface area contributed by atoms with Gasteiger partial charge in [-0.25, -0.2) is 13.7 Å². The molecule has 1 aromatic heterocycles. The summed E-state index contributed by atoms with van der Waals surface area (Å²) < 4.78 is 32.6. The third-order valence-electron chi connectivity index (χ3n) is 3.46. The average Bonchev–Trinajstić information content (AvgIpc) is 3.13. The van der Waals surface area contributed by atoms with Gasteiger partial charge in [-0.15, -0.1) is 6.42 Å². The lowest BCUT2D eigenvalue weighted by molar-refractivity contribution is 0.305. The molecule has 0 aliphatic carbocycles. The molecule has 0 amide bonds. The van der Waals surface area contributed by atoms with E-state index in [2.05, 4.69) is 41.4 Å². The van der Waals surface area contributed by atoms with Gasteiger partial charge in [0.25, 0.3) is 0 Å². The summed E-state index contributed by atoms with van der Waals surface area (Å²) in [4.78, 5) is 0. The second-order valence-corrected chi connectivity index (χ2v) is 7.86. The van der Waals surface area contributed by atoms with Gasteiger partial charge in [-0.2, -0.15) is 0 Å². The van der Waals surface area contributed by atoms with E-state index in [-0.39, 0.29) is 22.9 Å². The number of hydrogen-bond donors (Lipinski definition) is 6. The van der Waals surface area contributed by atoms with Gasteiger partial charge < -0.3 is 15.8 Å². The largest absolute Gasteiger partial charge is 0.409 e. The minimum atomic E-state index is -2.85. The highest BCUT2D eigenvalue weighted by atomic mass is 32.3. The molecule has 10 nitrogen and oxygen atoms in total.